The third kappa shape index (κ3) is 4.69. The molecule has 0 N–H and O–H groups in total. The number of halogens is 1. The van der Waals surface area contributed by atoms with Gasteiger partial charge in [0.2, 0.25) is 0 Å². The molecule has 0 amide bonds. The molecule has 4 aromatic rings. The molecule has 8 heteroatoms. The maximum absolute atomic E-state index is 13.1. The molecule has 0 spiro atoms. The molecule has 0 unspecified atom stereocenters. The van der Waals surface area contributed by atoms with E-state index in [9.17, 15) is 4.79 Å². The van der Waals surface area contributed by atoms with Gasteiger partial charge in [0.1, 0.15) is 5.65 Å². The molecule has 1 aromatic carbocycles. The lowest BCUT2D eigenvalue weighted by Crippen LogP contribution is -2.24. The van der Waals surface area contributed by atoms with Gasteiger partial charge in [0.25, 0.3) is 5.56 Å². The van der Waals surface area contributed by atoms with Gasteiger partial charge in [-0.15, -0.1) is 0 Å². The molecule has 3 heterocycles. The van der Waals surface area contributed by atoms with Crippen molar-refractivity contribution in [3.63, 3.8) is 0 Å². The van der Waals surface area contributed by atoms with Crippen LogP contribution in [0.4, 0.5) is 0 Å². The summed E-state index contributed by atoms with van der Waals surface area (Å²) in [6, 6.07) is 11.1. The monoisotopic (exact) mass is 442 g/mol. The van der Waals surface area contributed by atoms with Gasteiger partial charge < -0.3 is 9.14 Å². The number of aromatic nitrogens is 4. The quantitative estimate of drug-likeness (QED) is 0.223. The Morgan fingerprint density at radius 2 is 2.07 bits per heavy atom. The Bertz CT molecular complexity index is 1200. The predicted octanol–water partition coefficient (Wildman–Crippen LogP) is 4.81. The second kappa shape index (κ2) is 9.20. The van der Waals surface area contributed by atoms with Crippen molar-refractivity contribution in [3.8, 4) is 0 Å². The van der Waals surface area contributed by atoms with Crippen LogP contribution in [0.15, 0.2) is 58.7 Å². The summed E-state index contributed by atoms with van der Waals surface area (Å²) in [5, 5.41) is 1.80. The predicted molar refractivity (Wildman–Crippen MR) is 121 cm³/mol. The van der Waals surface area contributed by atoms with Crippen LogP contribution in [0.5, 0.6) is 0 Å². The van der Waals surface area contributed by atoms with Crippen molar-refractivity contribution in [2.45, 2.75) is 43.8 Å². The number of ether oxygens (including phenoxy) is 1. The molecule has 0 fully saturated rings. The van der Waals surface area contributed by atoms with Crippen molar-refractivity contribution in [3.05, 3.63) is 69.9 Å². The van der Waals surface area contributed by atoms with E-state index in [0.29, 0.717) is 40.0 Å². The highest BCUT2D eigenvalue weighted by Gasteiger charge is 2.13. The van der Waals surface area contributed by atoms with Crippen molar-refractivity contribution >= 4 is 39.9 Å². The fraction of sp³-hybridized carbons (Fsp3) is 0.318. The Morgan fingerprint density at radius 3 is 2.87 bits per heavy atom. The van der Waals surface area contributed by atoms with Crippen LogP contribution >= 0.6 is 23.4 Å². The summed E-state index contributed by atoms with van der Waals surface area (Å²) in [5.41, 5.74) is 2.38. The Morgan fingerprint density at radius 1 is 1.20 bits per heavy atom. The van der Waals surface area contributed by atoms with E-state index >= 15 is 0 Å². The number of nitrogens with zero attached hydrogens (tertiary/aromatic N) is 4. The zero-order valence-corrected chi connectivity index (χ0v) is 18.5. The average Bonchev–Trinajstić information content (AvgIpc) is 3.13. The van der Waals surface area contributed by atoms with Gasteiger partial charge in [-0.25, -0.2) is 9.97 Å². The zero-order chi connectivity index (χ0) is 21.1. The molecule has 3 aromatic heterocycles. The van der Waals surface area contributed by atoms with Crippen LogP contribution in [0, 0.1) is 0 Å². The Hall–Kier alpha value is -2.35. The van der Waals surface area contributed by atoms with E-state index in [0.717, 1.165) is 17.8 Å². The topological polar surface area (TPSA) is 61.4 Å². The standard InChI is InChI=1S/C22H23ClN4O2S/c1-15(2)29-11-5-10-27-21(28)18-8-7-16(23)12-19(18)25-22(27)30-14-17-13-26-9-4-3-6-20(26)24-17/h3-4,6-9,12-13,15H,5,10-11,14H2,1-2H3. The molecule has 156 valence electrons. The van der Waals surface area contributed by atoms with Gasteiger partial charge in [-0.1, -0.05) is 29.4 Å². The molecule has 0 bridgehead atoms. The SMILES string of the molecule is CC(C)OCCCn1c(SCc2cn3ccccc3n2)nc2cc(Cl)ccc2c1=O. The van der Waals surface area contributed by atoms with Gasteiger partial charge in [0.15, 0.2) is 5.16 Å². The molecule has 0 saturated carbocycles. The normalized spacial score (nSPS) is 11.7. The summed E-state index contributed by atoms with van der Waals surface area (Å²) < 4.78 is 9.36. The van der Waals surface area contributed by atoms with Gasteiger partial charge in [0, 0.05) is 36.3 Å². The van der Waals surface area contributed by atoms with Crippen LogP contribution in [-0.4, -0.2) is 31.6 Å². The van der Waals surface area contributed by atoms with Crippen molar-refractivity contribution in [1.29, 1.82) is 0 Å². The Labute approximate surface area is 183 Å². The summed E-state index contributed by atoms with van der Waals surface area (Å²) in [4.78, 5) is 22.5. The average molecular weight is 443 g/mol. The molecule has 30 heavy (non-hydrogen) atoms. The van der Waals surface area contributed by atoms with E-state index in [1.54, 1.807) is 22.8 Å². The van der Waals surface area contributed by atoms with Crippen LogP contribution in [0.25, 0.3) is 16.6 Å². The second-order valence-corrected chi connectivity index (χ2v) is 8.65. The Kier molecular flexibility index (Phi) is 6.41. The van der Waals surface area contributed by atoms with E-state index < -0.39 is 0 Å². The highest BCUT2D eigenvalue weighted by Crippen LogP contribution is 2.24. The lowest BCUT2D eigenvalue weighted by molar-refractivity contribution is 0.0743. The smallest absolute Gasteiger partial charge is 0.262 e. The van der Waals surface area contributed by atoms with Crippen LogP contribution in [0.2, 0.25) is 5.02 Å². The highest BCUT2D eigenvalue weighted by molar-refractivity contribution is 7.98. The molecular weight excluding hydrogens is 420 g/mol. The van der Waals surface area contributed by atoms with E-state index in [4.69, 9.17) is 21.3 Å². The molecule has 6 nitrogen and oxygen atoms in total. The molecule has 0 aliphatic heterocycles. The van der Waals surface area contributed by atoms with E-state index in [1.165, 1.54) is 11.8 Å². The first-order valence-electron chi connectivity index (χ1n) is 9.88. The number of rotatable bonds is 8. The second-order valence-electron chi connectivity index (χ2n) is 7.27. The minimum atomic E-state index is -0.0567. The molecule has 4 rings (SSSR count). The molecule has 0 aliphatic rings. The number of thioether (sulfide) groups is 1. The summed E-state index contributed by atoms with van der Waals surface area (Å²) >= 11 is 7.64. The van der Waals surface area contributed by atoms with Gasteiger partial charge >= 0.3 is 0 Å². The largest absolute Gasteiger partial charge is 0.379 e. The fourth-order valence-electron chi connectivity index (χ4n) is 3.22. The van der Waals surface area contributed by atoms with E-state index in [-0.39, 0.29) is 11.7 Å². The summed E-state index contributed by atoms with van der Waals surface area (Å²) in [6.07, 6.45) is 4.87. The van der Waals surface area contributed by atoms with Crippen molar-refractivity contribution < 1.29 is 4.74 Å². The van der Waals surface area contributed by atoms with Crippen molar-refractivity contribution in [1.82, 2.24) is 18.9 Å². The van der Waals surface area contributed by atoms with Gasteiger partial charge in [0.05, 0.1) is 22.7 Å². The summed E-state index contributed by atoms with van der Waals surface area (Å²) in [6.45, 7) is 5.15. The molecular formula is C22H23ClN4O2S. The van der Waals surface area contributed by atoms with Crippen molar-refractivity contribution in [2.24, 2.45) is 0 Å². The maximum Gasteiger partial charge on any atom is 0.262 e. The third-order valence-electron chi connectivity index (χ3n) is 4.62. The van der Waals surface area contributed by atoms with Crippen LogP contribution in [0.3, 0.4) is 0 Å². The first-order valence-corrected chi connectivity index (χ1v) is 11.2. The van der Waals surface area contributed by atoms with Crippen LogP contribution < -0.4 is 5.56 Å². The number of fused-ring (bicyclic) bond motifs is 2. The number of imidazole rings is 1. The van der Waals surface area contributed by atoms with Gasteiger partial charge in [-0.2, -0.15) is 0 Å². The number of hydrogen-bond acceptors (Lipinski definition) is 5. The van der Waals surface area contributed by atoms with Crippen LogP contribution in [-0.2, 0) is 17.0 Å². The number of pyridine rings is 1. The lowest BCUT2D eigenvalue weighted by Gasteiger charge is -2.14. The van der Waals surface area contributed by atoms with Gasteiger partial charge in [-0.3, -0.25) is 9.36 Å². The van der Waals surface area contributed by atoms with E-state index in [2.05, 4.69) is 4.98 Å². The van der Waals surface area contributed by atoms with E-state index in [1.807, 2.05) is 48.8 Å². The first kappa shape index (κ1) is 20.9. The molecule has 0 saturated heterocycles. The van der Waals surface area contributed by atoms with Gasteiger partial charge in [-0.05, 0) is 50.6 Å². The summed E-state index contributed by atoms with van der Waals surface area (Å²) in [7, 11) is 0. The Balaban J connectivity index is 1.62. The minimum Gasteiger partial charge on any atom is -0.379 e. The fourth-order valence-corrected chi connectivity index (χ4v) is 4.29. The maximum atomic E-state index is 13.1. The lowest BCUT2D eigenvalue weighted by atomic mass is 10.2. The van der Waals surface area contributed by atoms with Crippen LogP contribution in [0.1, 0.15) is 26.0 Å². The zero-order valence-electron chi connectivity index (χ0n) is 16.9. The minimum absolute atomic E-state index is 0.0567. The summed E-state index contributed by atoms with van der Waals surface area (Å²) in [5.74, 6) is 0.614. The molecule has 0 radical (unpaired) electrons. The van der Waals surface area contributed by atoms with Crippen molar-refractivity contribution in [2.75, 3.05) is 6.61 Å². The first-order chi connectivity index (χ1) is 14.5. The highest BCUT2D eigenvalue weighted by atomic mass is 35.5. The number of hydrogen-bond donors (Lipinski definition) is 0. The molecule has 0 atom stereocenters. The number of benzene rings is 1. The third-order valence-corrected chi connectivity index (χ3v) is 5.87. The molecule has 0 aliphatic carbocycles.